The smallest absolute Gasteiger partial charge is 0.316 e. The molecule has 1 heterocycles. The first-order valence-corrected chi connectivity index (χ1v) is 4.13. The minimum atomic E-state index is -4.08. The Hall–Kier alpha value is -0.250. The fourth-order valence-corrected chi connectivity index (χ4v) is 1.50. The molecule has 0 bridgehead atoms. The summed E-state index contributed by atoms with van der Waals surface area (Å²) in [6, 6.07) is 0. The van der Waals surface area contributed by atoms with Crippen LogP contribution in [0.5, 0.6) is 0 Å². The maximum absolute atomic E-state index is 12.5. The fraction of sp³-hybridized carbons (Fsp3) is 1.00. The van der Waals surface area contributed by atoms with E-state index in [-0.39, 0.29) is 5.92 Å². The van der Waals surface area contributed by atoms with Crippen LogP contribution in [0.25, 0.3) is 0 Å². The van der Waals surface area contributed by atoms with Crippen LogP contribution < -0.4 is 5.32 Å². The Kier molecular flexibility index (Phi) is 2.38. The van der Waals surface area contributed by atoms with E-state index in [9.17, 15) is 13.2 Å². The summed E-state index contributed by atoms with van der Waals surface area (Å²) in [5.74, 6) is -0.266. The van der Waals surface area contributed by atoms with Crippen molar-refractivity contribution in [3.05, 3.63) is 0 Å². The highest BCUT2D eigenvalue weighted by atomic mass is 19.4. The molecule has 72 valence electrons. The lowest BCUT2D eigenvalue weighted by atomic mass is 9.78. The molecule has 0 aliphatic carbocycles. The molecule has 1 aliphatic heterocycles. The Labute approximate surface area is 70.3 Å². The van der Waals surface area contributed by atoms with Gasteiger partial charge in [0, 0.05) is 0 Å². The Bertz CT molecular complexity index is 156. The van der Waals surface area contributed by atoms with Crippen LogP contribution in [-0.2, 0) is 0 Å². The Morgan fingerprint density at radius 3 is 2.17 bits per heavy atom. The predicted octanol–water partition coefficient (Wildman–Crippen LogP) is 2.18. The third-order valence-electron chi connectivity index (χ3n) is 2.81. The van der Waals surface area contributed by atoms with Gasteiger partial charge in [-0.05, 0) is 25.4 Å². The summed E-state index contributed by atoms with van der Waals surface area (Å²) in [5, 5.41) is 2.95. The second-order valence-corrected chi connectivity index (χ2v) is 3.91. The topological polar surface area (TPSA) is 12.0 Å². The lowest BCUT2D eigenvalue weighted by Crippen LogP contribution is -2.40. The molecule has 0 saturated carbocycles. The molecule has 0 radical (unpaired) electrons. The normalized spacial score (nSPS) is 26.2. The summed E-state index contributed by atoms with van der Waals surface area (Å²) in [6.07, 6.45) is -3.45. The largest absolute Gasteiger partial charge is 0.394 e. The van der Waals surface area contributed by atoms with Crippen LogP contribution in [0.4, 0.5) is 13.2 Å². The van der Waals surface area contributed by atoms with E-state index >= 15 is 0 Å². The number of hydrogen-bond donors (Lipinski definition) is 1. The summed E-state index contributed by atoms with van der Waals surface area (Å²) in [4.78, 5) is 0. The summed E-state index contributed by atoms with van der Waals surface area (Å²) < 4.78 is 37.4. The number of halogens is 3. The molecular weight excluding hydrogens is 167 g/mol. The average Bonchev–Trinajstić information content (AvgIpc) is 2.34. The first-order chi connectivity index (χ1) is 5.36. The van der Waals surface area contributed by atoms with Gasteiger partial charge in [0.15, 0.2) is 0 Å². The van der Waals surface area contributed by atoms with Crippen molar-refractivity contribution in [2.75, 3.05) is 13.1 Å². The summed E-state index contributed by atoms with van der Waals surface area (Å²) >= 11 is 0. The summed E-state index contributed by atoms with van der Waals surface area (Å²) in [7, 11) is 0. The molecule has 0 aromatic heterocycles. The van der Waals surface area contributed by atoms with Gasteiger partial charge in [0.05, 0.1) is 5.41 Å². The van der Waals surface area contributed by atoms with E-state index in [4.69, 9.17) is 0 Å². The zero-order chi connectivity index (χ0) is 9.41. The molecule has 1 unspecified atom stereocenters. The van der Waals surface area contributed by atoms with Gasteiger partial charge in [0.2, 0.25) is 0 Å². The van der Waals surface area contributed by atoms with Crippen LogP contribution >= 0.6 is 0 Å². The van der Waals surface area contributed by atoms with Crippen LogP contribution in [0.1, 0.15) is 20.3 Å². The molecule has 1 rings (SSSR count). The van der Waals surface area contributed by atoms with E-state index in [0.717, 1.165) is 0 Å². The minimum absolute atomic E-state index is 0.266. The Morgan fingerprint density at radius 2 is 1.83 bits per heavy atom. The van der Waals surface area contributed by atoms with E-state index in [2.05, 4.69) is 5.32 Å². The molecule has 0 amide bonds. The molecule has 0 aromatic rings. The quantitative estimate of drug-likeness (QED) is 0.653. The predicted molar refractivity (Wildman–Crippen MR) is 40.8 cm³/mol. The molecule has 1 fully saturated rings. The average molecular weight is 181 g/mol. The Balaban J connectivity index is 2.69. The van der Waals surface area contributed by atoms with Gasteiger partial charge in [-0.25, -0.2) is 0 Å². The summed E-state index contributed by atoms with van der Waals surface area (Å²) in [5.41, 5.74) is -1.55. The van der Waals surface area contributed by atoms with Crippen molar-refractivity contribution >= 4 is 0 Å². The van der Waals surface area contributed by atoms with E-state index in [1.165, 1.54) is 13.8 Å². The van der Waals surface area contributed by atoms with Crippen molar-refractivity contribution in [3.8, 4) is 0 Å². The van der Waals surface area contributed by atoms with Crippen molar-refractivity contribution in [1.29, 1.82) is 0 Å². The van der Waals surface area contributed by atoms with E-state index in [1.54, 1.807) is 0 Å². The highest BCUT2D eigenvalue weighted by Crippen LogP contribution is 2.45. The Morgan fingerprint density at radius 1 is 1.25 bits per heavy atom. The van der Waals surface area contributed by atoms with E-state index in [1.807, 2.05) is 0 Å². The molecule has 0 spiro atoms. The van der Waals surface area contributed by atoms with Crippen LogP contribution in [0.3, 0.4) is 0 Å². The number of rotatable bonds is 1. The second kappa shape index (κ2) is 2.91. The maximum Gasteiger partial charge on any atom is 0.394 e. The highest BCUT2D eigenvalue weighted by molar-refractivity contribution is 4.89. The van der Waals surface area contributed by atoms with Gasteiger partial charge >= 0.3 is 6.18 Å². The number of nitrogens with one attached hydrogen (secondary N) is 1. The number of hydrogen-bond acceptors (Lipinski definition) is 1. The highest BCUT2D eigenvalue weighted by Gasteiger charge is 2.52. The van der Waals surface area contributed by atoms with Crippen molar-refractivity contribution in [3.63, 3.8) is 0 Å². The zero-order valence-corrected chi connectivity index (χ0v) is 7.33. The first kappa shape index (κ1) is 9.84. The van der Waals surface area contributed by atoms with Gasteiger partial charge in [-0.2, -0.15) is 13.2 Å². The van der Waals surface area contributed by atoms with Crippen LogP contribution in [0.15, 0.2) is 0 Å². The lowest BCUT2D eigenvalue weighted by molar-refractivity contribution is -0.227. The van der Waals surface area contributed by atoms with Gasteiger partial charge < -0.3 is 5.32 Å². The van der Waals surface area contributed by atoms with Crippen molar-refractivity contribution in [2.24, 2.45) is 11.3 Å². The zero-order valence-electron chi connectivity index (χ0n) is 7.33. The van der Waals surface area contributed by atoms with Gasteiger partial charge in [-0.15, -0.1) is 0 Å². The molecule has 4 heteroatoms. The SMILES string of the molecule is CC(C)(C1CCNC1)C(F)(F)F. The molecular formula is C8H14F3N. The van der Waals surface area contributed by atoms with E-state index < -0.39 is 11.6 Å². The van der Waals surface area contributed by atoms with Crippen LogP contribution in [0.2, 0.25) is 0 Å². The maximum atomic E-state index is 12.5. The standard InChI is InChI=1S/C8H14F3N/c1-7(2,8(9,10)11)6-3-4-12-5-6/h6,12H,3-5H2,1-2H3. The van der Waals surface area contributed by atoms with Gasteiger partial charge in [0.25, 0.3) is 0 Å². The van der Waals surface area contributed by atoms with Gasteiger partial charge in [-0.3, -0.25) is 0 Å². The molecule has 1 N–H and O–H groups in total. The molecule has 1 saturated heterocycles. The minimum Gasteiger partial charge on any atom is -0.316 e. The third kappa shape index (κ3) is 1.58. The van der Waals surface area contributed by atoms with Crippen LogP contribution in [-0.4, -0.2) is 19.3 Å². The van der Waals surface area contributed by atoms with Crippen LogP contribution in [0, 0.1) is 11.3 Å². The second-order valence-electron chi connectivity index (χ2n) is 3.91. The lowest BCUT2D eigenvalue weighted by Gasteiger charge is -2.33. The molecule has 1 atom stereocenters. The van der Waals surface area contributed by atoms with Crippen molar-refractivity contribution < 1.29 is 13.2 Å². The first-order valence-electron chi connectivity index (χ1n) is 4.13. The van der Waals surface area contributed by atoms with E-state index in [0.29, 0.717) is 19.5 Å². The van der Waals surface area contributed by atoms with Gasteiger partial charge in [-0.1, -0.05) is 13.8 Å². The number of alkyl halides is 3. The molecule has 1 aliphatic rings. The fourth-order valence-electron chi connectivity index (χ4n) is 1.50. The van der Waals surface area contributed by atoms with Crippen molar-refractivity contribution in [1.82, 2.24) is 5.32 Å². The summed E-state index contributed by atoms with van der Waals surface area (Å²) in [6.45, 7) is 3.77. The van der Waals surface area contributed by atoms with Gasteiger partial charge in [0.1, 0.15) is 0 Å². The third-order valence-corrected chi connectivity index (χ3v) is 2.81. The molecule has 0 aromatic carbocycles. The van der Waals surface area contributed by atoms with Crippen molar-refractivity contribution in [2.45, 2.75) is 26.4 Å². The monoisotopic (exact) mass is 181 g/mol. The molecule has 12 heavy (non-hydrogen) atoms. The molecule has 1 nitrogen and oxygen atoms in total.